The average molecular weight is 390 g/mol. The summed E-state index contributed by atoms with van der Waals surface area (Å²) in [5.41, 5.74) is 7.07. The van der Waals surface area contributed by atoms with Gasteiger partial charge >= 0.3 is 0 Å². The number of nitrogen functional groups attached to an aromatic ring is 1. The fraction of sp³-hybridized carbons (Fsp3) is 0.714. The molecule has 0 spiro atoms. The van der Waals surface area contributed by atoms with Crippen LogP contribution in [-0.4, -0.2) is 40.6 Å². The summed E-state index contributed by atoms with van der Waals surface area (Å²) in [5.74, 6) is 1.31. The summed E-state index contributed by atoms with van der Waals surface area (Å²) in [6, 6.07) is 0.512. The van der Waals surface area contributed by atoms with Gasteiger partial charge in [0.15, 0.2) is 5.82 Å². The van der Waals surface area contributed by atoms with Gasteiger partial charge < -0.3 is 10.5 Å². The van der Waals surface area contributed by atoms with Crippen LogP contribution in [0.5, 0.6) is 0 Å². The van der Waals surface area contributed by atoms with E-state index in [0.717, 1.165) is 47.6 Å². The third-order valence-electron chi connectivity index (χ3n) is 3.57. The molecule has 1 aliphatic rings. The Morgan fingerprint density at radius 1 is 1.45 bits per heavy atom. The first kappa shape index (κ1) is 15.9. The molecule has 1 fully saturated rings. The lowest BCUT2D eigenvalue weighted by Gasteiger charge is -2.34. The number of anilines is 1. The van der Waals surface area contributed by atoms with Gasteiger partial charge in [-0.2, -0.15) is 0 Å². The molecule has 1 saturated heterocycles. The maximum absolute atomic E-state index is 6.03. The minimum absolute atomic E-state index is 0.0685. The van der Waals surface area contributed by atoms with E-state index in [0.29, 0.717) is 11.9 Å². The SMILES string of the molecule is CCCc1nc(C2CN(C(C)C)CCO2)nc(N)c1I. The van der Waals surface area contributed by atoms with E-state index in [1.807, 2.05) is 0 Å². The van der Waals surface area contributed by atoms with Crippen molar-refractivity contribution in [1.29, 1.82) is 0 Å². The molecule has 0 aromatic carbocycles. The molecule has 0 saturated carbocycles. The molecule has 1 aromatic rings. The van der Waals surface area contributed by atoms with Crippen LogP contribution in [0.25, 0.3) is 0 Å². The Balaban J connectivity index is 2.23. The Morgan fingerprint density at radius 2 is 2.20 bits per heavy atom. The first-order valence-electron chi connectivity index (χ1n) is 7.20. The summed E-state index contributed by atoms with van der Waals surface area (Å²) < 4.78 is 6.82. The standard InChI is InChI=1S/C14H23IN4O/c1-4-5-10-12(15)13(16)18-14(17-10)11-8-19(9(2)3)6-7-20-11/h9,11H,4-8H2,1-3H3,(H2,16,17,18). The Bertz CT molecular complexity index is 467. The molecule has 20 heavy (non-hydrogen) atoms. The number of nitrogens with zero attached hydrogens (tertiary/aromatic N) is 3. The summed E-state index contributed by atoms with van der Waals surface area (Å²) in [5, 5.41) is 0. The maximum Gasteiger partial charge on any atom is 0.161 e. The molecular weight excluding hydrogens is 367 g/mol. The number of aromatic nitrogens is 2. The van der Waals surface area contributed by atoms with Crippen LogP contribution in [0.3, 0.4) is 0 Å². The smallest absolute Gasteiger partial charge is 0.161 e. The van der Waals surface area contributed by atoms with E-state index < -0.39 is 0 Å². The molecule has 6 heteroatoms. The van der Waals surface area contributed by atoms with Crippen molar-refractivity contribution in [2.24, 2.45) is 0 Å². The zero-order valence-electron chi connectivity index (χ0n) is 12.4. The van der Waals surface area contributed by atoms with E-state index in [-0.39, 0.29) is 6.10 Å². The van der Waals surface area contributed by atoms with Gasteiger partial charge in [0.25, 0.3) is 0 Å². The maximum atomic E-state index is 6.03. The second-order valence-corrected chi connectivity index (χ2v) is 6.50. The lowest BCUT2D eigenvalue weighted by atomic mass is 10.2. The molecule has 1 atom stereocenters. The number of halogens is 1. The van der Waals surface area contributed by atoms with Crippen molar-refractivity contribution in [2.75, 3.05) is 25.4 Å². The second kappa shape index (κ2) is 7.00. The monoisotopic (exact) mass is 390 g/mol. The van der Waals surface area contributed by atoms with Gasteiger partial charge in [-0.3, -0.25) is 4.90 Å². The molecule has 2 N–H and O–H groups in total. The summed E-state index contributed by atoms with van der Waals surface area (Å²) in [6.07, 6.45) is 1.91. The van der Waals surface area contributed by atoms with E-state index in [9.17, 15) is 0 Å². The molecule has 0 bridgehead atoms. The van der Waals surface area contributed by atoms with E-state index in [4.69, 9.17) is 15.5 Å². The highest BCUT2D eigenvalue weighted by Gasteiger charge is 2.26. The highest BCUT2D eigenvalue weighted by molar-refractivity contribution is 14.1. The van der Waals surface area contributed by atoms with Crippen LogP contribution in [0.1, 0.15) is 44.8 Å². The molecule has 2 heterocycles. The minimum Gasteiger partial charge on any atom is -0.383 e. The molecule has 1 unspecified atom stereocenters. The van der Waals surface area contributed by atoms with Crippen molar-refractivity contribution >= 4 is 28.4 Å². The van der Waals surface area contributed by atoms with Gasteiger partial charge in [-0.1, -0.05) is 13.3 Å². The lowest BCUT2D eigenvalue weighted by Crippen LogP contribution is -2.42. The Kier molecular flexibility index (Phi) is 5.57. The highest BCUT2D eigenvalue weighted by Crippen LogP contribution is 2.25. The van der Waals surface area contributed by atoms with Crippen molar-refractivity contribution in [3.8, 4) is 0 Å². The van der Waals surface area contributed by atoms with Crippen molar-refractivity contribution in [3.63, 3.8) is 0 Å². The summed E-state index contributed by atoms with van der Waals surface area (Å²) >= 11 is 2.23. The zero-order chi connectivity index (χ0) is 14.7. The van der Waals surface area contributed by atoms with Crippen molar-refractivity contribution in [1.82, 2.24) is 14.9 Å². The molecule has 0 radical (unpaired) electrons. The first-order chi connectivity index (χ1) is 9.52. The molecule has 112 valence electrons. The van der Waals surface area contributed by atoms with Crippen LogP contribution in [0.2, 0.25) is 0 Å². The minimum atomic E-state index is -0.0685. The largest absolute Gasteiger partial charge is 0.383 e. The van der Waals surface area contributed by atoms with Gasteiger partial charge in [-0.05, 0) is 42.9 Å². The van der Waals surface area contributed by atoms with Gasteiger partial charge in [0.1, 0.15) is 11.9 Å². The summed E-state index contributed by atoms with van der Waals surface area (Å²) in [6.45, 7) is 9.08. The number of rotatable bonds is 4. The van der Waals surface area contributed by atoms with Crippen LogP contribution in [0.4, 0.5) is 5.82 Å². The predicted octanol–water partition coefficient (Wildman–Crippen LogP) is 2.40. The van der Waals surface area contributed by atoms with E-state index in [1.54, 1.807) is 0 Å². The second-order valence-electron chi connectivity index (χ2n) is 5.43. The highest BCUT2D eigenvalue weighted by atomic mass is 127. The van der Waals surface area contributed by atoms with Crippen molar-refractivity contribution in [3.05, 3.63) is 15.1 Å². The molecule has 1 aromatic heterocycles. The Morgan fingerprint density at radius 3 is 2.85 bits per heavy atom. The van der Waals surface area contributed by atoms with Crippen LogP contribution in [0.15, 0.2) is 0 Å². The zero-order valence-corrected chi connectivity index (χ0v) is 14.6. The average Bonchev–Trinajstić information content (AvgIpc) is 2.44. The lowest BCUT2D eigenvalue weighted by molar-refractivity contribution is -0.0443. The first-order valence-corrected chi connectivity index (χ1v) is 8.28. The third kappa shape index (κ3) is 3.59. The van der Waals surface area contributed by atoms with Crippen LogP contribution in [-0.2, 0) is 11.2 Å². The molecule has 5 nitrogen and oxygen atoms in total. The molecular formula is C14H23IN4O. The molecule has 1 aliphatic heterocycles. The van der Waals surface area contributed by atoms with Gasteiger partial charge in [0.2, 0.25) is 0 Å². The Hall–Kier alpha value is -0.470. The van der Waals surface area contributed by atoms with E-state index in [1.165, 1.54) is 0 Å². The van der Waals surface area contributed by atoms with Gasteiger partial charge in [0, 0.05) is 19.1 Å². The number of ether oxygens (including phenoxy) is 1. The van der Waals surface area contributed by atoms with Crippen molar-refractivity contribution < 1.29 is 4.74 Å². The normalized spacial score (nSPS) is 20.6. The van der Waals surface area contributed by atoms with Crippen LogP contribution < -0.4 is 5.73 Å². The predicted molar refractivity (Wildman–Crippen MR) is 88.6 cm³/mol. The number of nitrogens with two attached hydrogens (primary N) is 1. The van der Waals surface area contributed by atoms with Gasteiger partial charge in [-0.15, -0.1) is 0 Å². The number of hydrogen-bond acceptors (Lipinski definition) is 5. The van der Waals surface area contributed by atoms with Gasteiger partial charge in [-0.25, -0.2) is 9.97 Å². The topological polar surface area (TPSA) is 64.3 Å². The van der Waals surface area contributed by atoms with Crippen LogP contribution in [0, 0.1) is 3.57 Å². The van der Waals surface area contributed by atoms with E-state index in [2.05, 4.69) is 53.2 Å². The van der Waals surface area contributed by atoms with E-state index >= 15 is 0 Å². The van der Waals surface area contributed by atoms with Crippen LogP contribution >= 0.6 is 22.6 Å². The van der Waals surface area contributed by atoms with Gasteiger partial charge in [0.05, 0.1) is 15.9 Å². The Labute approximate surface area is 134 Å². The molecule has 0 amide bonds. The summed E-state index contributed by atoms with van der Waals surface area (Å²) in [4.78, 5) is 11.5. The third-order valence-corrected chi connectivity index (χ3v) is 4.74. The fourth-order valence-corrected chi connectivity index (χ4v) is 2.88. The van der Waals surface area contributed by atoms with Crippen molar-refractivity contribution in [2.45, 2.75) is 45.8 Å². The molecule has 2 rings (SSSR count). The molecule has 0 aliphatic carbocycles. The number of aryl methyl sites for hydroxylation is 1. The number of hydrogen-bond donors (Lipinski definition) is 1. The summed E-state index contributed by atoms with van der Waals surface area (Å²) in [7, 11) is 0. The fourth-order valence-electron chi connectivity index (χ4n) is 2.37. The number of morpholine rings is 1. The quantitative estimate of drug-likeness (QED) is 0.800.